The van der Waals surface area contributed by atoms with E-state index in [1.54, 1.807) is 13.2 Å². The number of fused-ring (bicyclic) bond motifs is 3. The quantitative estimate of drug-likeness (QED) is 0.708. The normalized spacial score (nSPS) is 13.3. The second-order valence-electron chi connectivity index (χ2n) is 6.92. The summed E-state index contributed by atoms with van der Waals surface area (Å²) in [4.78, 5) is 30.0. The maximum absolute atomic E-state index is 12.8. The first kappa shape index (κ1) is 18.1. The van der Waals surface area contributed by atoms with Gasteiger partial charge in [0.1, 0.15) is 5.75 Å². The second-order valence-corrected chi connectivity index (χ2v) is 6.92. The van der Waals surface area contributed by atoms with Gasteiger partial charge in [-0.05, 0) is 35.9 Å². The van der Waals surface area contributed by atoms with Crippen LogP contribution in [0.15, 0.2) is 42.5 Å². The summed E-state index contributed by atoms with van der Waals surface area (Å²) in [5.74, 6) is 0.508. The van der Waals surface area contributed by atoms with Gasteiger partial charge < -0.3 is 19.4 Å². The van der Waals surface area contributed by atoms with Gasteiger partial charge in [-0.1, -0.05) is 12.1 Å². The fourth-order valence-electron chi connectivity index (χ4n) is 3.70. The van der Waals surface area contributed by atoms with Crippen LogP contribution >= 0.6 is 0 Å². The standard InChI is InChI=1S/C22H22N2O4/c1-27-16-6-3-14(4-7-16)11-21(25)24-10-9-20-18(13-24)17-12-15(22(26)28-2)5-8-19(17)23-20/h3-8,12,23H,9-11,13H2,1-2H3. The van der Waals surface area contributed by atoms with Gasteiger partial charge in [0, 0.05) is 41.7 Å². The molecule has 0 aliphatic carbocycles. The molecular formula is C22H22N2O4. The molecule has 2 aromatic carbocycles. The monoisotopic (exact) mass is 378 g/mol. The van der Waals surface area contributed by atoms with E-state index >= 15 is 0 Å². The van der Waals surface area contributed by atoms with E-state index < -0.39 is 0 Å². The van der Waals surface area contributed by atoms with E-state index in [-0.39, 0.29) is 11.9 Å². The van der Waals surface area contributed by atoms with E-state index in [0.717, 1.165) is 39.9 Å². The molecule has 0 fully saturated rings. The van der Waals surface area contributed by atoms with Crippen LogP contribution < -0.4 is 4.74 Å². The topological polar surface area (TPSA) is 71.6 Å². The van der Waals surface area contributed by atoms with Crippen molar-refractivity contribution in [3.05, 3.63) is 64.8 Å². The van der Waals surface area contributed by atoms with Gasteiger partial charge in [-0.3, -0.25) is 4.79 Å². The van der Waals surface area contributed by atoms with Crippen molar-refractivity contribution in [2.45, 2.75) is 19.4 Å². The largest absolute Gasteiger partial charge is 0.497 e. The third kappa shape index (κ3) is 3.33. The van der Waals surface area contributed by atoms with Crippen molar-refractivity contribution in [2.24, 2.45) is 0 Å². The van der Waals surface area contributed by atoms with Crippen molar-refractivity contribution in [1.82, 2.24) is 9.88 Å². The van der Waals surface area contributed by atoms with Gasteiger partial charge in [-0.15, -0.1) is 0 Å². The van der Waals surface area contributed by atoms with Crippen molar-refractivity contribution < 1.29 is 19.1 Å². The average Bonchev–Trinajstić information content (AvgIpc) is 3.10. The third-order valence-electron chi connectivity index (χ3n) is 5.26. The Bertz CT molecular complexity index is 1040. The number of hydrogen-bond donors (Lipinski definition) is 1. The number of methoxy groups -OCH3 is 2. The van der Waals surface area contributed by atoms with Crippen LogP contribution in [0.5, 0.6) is 5.75 Å². The van der Waals surface area contributed by atoms with Gasteiger partial charge in [-0.2, -0.15) is 0 Å². The smallest absolute Gasteiger partial charge is 0.337 e. The number of H-pyrrole nitrogens is 1. The lowest BCUT2D eigenvalue weighted by atomic mass is 10.0. The van der Waals surface area contributed by atoms with E-state index in [0.29, 0.717) is 25.1 Å². The third-order valence-corrected chi connectivity index (χ3v) is 5.26. The molecule has 0 unspecified atom stereocenters. The number of aromatic nitrogens is 1. The Hall–Kier alpha value is -3.28. The van der Waals surface area contributed by atoms with Crippen LogP contribution in [0.4, 0.5) is 0 Å². The Labute approximate surface area is 163 Å². The number of nitrogens with one attached hydrogen (secondary N) is 1. The summed E-state index contributed by atoms with van der Waals surface area (Å²) in [6, 6.07) is 13.1. The number of ether oxygens (including phenoxy) is 2. The van der Waals surface area contributed by atoms with Gasteiger partial charge in [0.2, 0.25) is 5.91 Å². The minimum atomic E-state index is -0.361. The van der Waals surface area contributed by atoms with E-state index in [1.165, 1.54) is 7.11 Å². The van der Waals surface area contributed by atoms with Crippen LogP contribution in [-0.4, -0.2) is 42.5 Å². The van der Waals surface area contributed by atoms with Crippen molar-refractivity contribution >= 4 is 22.8 Å². The molecule has 0 bridgehead atoms. The Morgan fingerprint density at radius 3 is 2.61 bits per heavy atom. The van der Waals surface area contributed by atoms with E-state index in [4.69, 9.17) is 9.47 Å². The highest BCUT2D eigenvalue weighted by Crippen LogP contribution is 2.29. The van der Waals surface area contributed by atoms with Crippen LogP contribution in [0.3, 0.4) is 0 Å². The first-order chi connectivity index (χ1) is 13.6. The lowest BCUT2D eigenvalue weighted by molar-refractivity contribution is -0.131. The molecule has 28 heavy (non-hydrogen) atoms. The highest BCUT2D eigenvalue weighted by Gasteiger charge is 2.24. The predicted molar refractivity (Wildman–Crippen MR) is 105 cm³/mol. The number of rotatable bonds is 4. The average molecular weight is 378 g/mol. The number of hydrogen-bond acceptors (Lipinski definition) is 4. The van der Waals surface area contributed by atoms with Crippen molar-refractivity contribution in [3.8, 4) is 5.75 Å². The number of nitrogens with zero attached hydrogens (tertiary/aromatic N) is 1. The van der Waals surface area contributed by atoms with Crippen molar-refractivity contribution in [2.75, 3.05) is 20.8 Å². The number of aromatic amines is 1. The van der Waals surface area contributed by atoms with E-state index in [2.05, 4.69) is 4.98 Å². The minimum Gasteiger partial charge on any atom is -0.497 e. The molecule has 6 nitrogen and oxygen atoms in total. The Morgan fingerprint density at radius 1 is 1.11 bits per heavy atom. The summed E-state index contributed by atoms with van der Waals surface area (Å²) in [5, 5.41) is 0.972. The summed E-state index contributed by atoms with van der Waals surface area (Å²) in [6.07, 6.45) is 1.13. The summed E-state index contributed by atoms with van der Waals surface area (Å²) < 4.78 is 9.99. The maximum Gasteiger partial charge on any atom is 0.337 e. The van der Waals surface area contributed by atoms with Crippen LogP contribution in [0.2, 0.25) is 0 Å². The second kappa shape index (κ2) is 7.38. The molecule has 0 radical (unpaired) electrons. The molecule has 3 aromatic rings. The highest BCUT2D eigenvalue weighted by molar-refractivity contribution is 5.96. The molecule has 0 atom stereocenters. The first-order valence-electron chi connectivity index (χ1n) is 9.21. The number of amides is 1. The van der Waals surface area contributed by atoms with Crippen LogP contribution in [0.1, 0.15) is 27.2 Å². The molecule has 0 saturated carbocycles. The number of carbonyl (C=O) groups excluding carboxylic acids is 2. The van der Waals surface area contributed by atoms with Crippen molar-refractivity contribution in [1.29, 1.82) is 0 Å². The molecular weight excluding hydrogens is 356 g/mol. The highest BCUT2D eigenvalue weighted by atomic mass is 16.5. The Morgan fingerprint density at radius 2 is 1.89 bits per heavy atom. The zero-order valence-corrected chi connectivity index (χ0v) is 16.0. The minimum absolute atomic E-state index is 0.0919. The molecule has 1 amide bonds. The summed E-state index contributed by atoms with van der Waals surface area (Å²) in [7, 11) is 3.00. The van der Waals surface area contributed by atoms with Crippen LogP contribution in [0, 0.1) is 0 Å². The molecule has 0 spiro atoms. The molecule has 1 N–H and O–H groups in total. The Kier molecular flexibility index (Phi) is 4.77. The molecule has 4 rings (SSSR count). The SMILES string of the molecule is COC(=O)c1ccc2[nH]c3c(c2c1)CN(C(=O)Cc1ccc(OC)cc1)CC3. The molecule has 144 valence electrons. The van der Waals surface area contributed by atoms with Gasteiger partial charge >= 0.3 is 5.97 Å². The number of benzene rings is 2. The summed E-state index contributed by atoms with van der Waals surface area (Å²) in [6.45, 7) is 1.22. The maximum atomic E-state index is 12.8. The van der Waals surface area contributed by atoms with Crippen LogP contribution in [-0.2, 0) is 28.9 Å². The molecule has 1 aliphatic rings. The van der Waals surface area contributed by atoms with Crippen LogP contribution in [0.25, 0.3) is 10.9 Å². The predicted octanol–water partition coefficient (Wildman–Crippen LogP) is 3.09. The van der Waals surface area contributed by atoms with Gasteiger partial charge in [0.15, 0.2) is 0 Å². The summed E-state index contributed by atoms with van der Waals surface area (Å²) in [5.41, 5.74) is 4.66. The molecule has 1 aliphatic heterocycles. The van der Waals surface area contributed by atoms with E-state index in [9.17, 15) is 9.59 Å². The Balaban J connectivity index is 1.55. The first-order valence-corrected chi connectivity index (χ1v) is 9.21. The lowest BCUT2D eigenvalue weighted by Gasteiger charge is -2.27. The molecule has 6 heteroatoms. The zero-order valence-electron chi connectivity index (χ0n) is 16.0. The number of carbonyl (C=O) groups is 2. The lowest BCUT2D eigenvalue weighted by Crippen LogP contribution is -2.36. The molecule has 1 aromatic heterocycles. The van der Waals surface area contributed by atoms with Gasteiger partial charge in [-0.25, -0.2) is 4.79 Å². The van der Waals surface area contributed by atoms with Gasteiger partial charge in [0.25, 0.3) is 0 Å². The molecule has 0 saturated heterocycles. The fraction of sp³-hybridized carbons (Fsp3) is 0.273. The van der Waals surface area contributed by atoms with Crippen molar-refractivity contribution in [3.63, 3.8) is 0 Å². The summed E-state index contributed by atoms with van der Waals surface area (Å²) >= 11 is 0. The molecule has 2 heterocycles. The van der Waals surface area contributed by atoms with E-state index in [1.807, 2.05) is 41.3 Å². The number of esters is 1. The zero-order chi connectivity index (χ0) is 19.7. The van der Waals surface area contributed by atoms with Gasteiger partial charge in [0.05, 0.1) is 26.2 Å². The fourth-order valence-corrected chi connectivity index (χ4v) is 3.70.